The van der Waals surface area contributed by atoms with Gasteiger partial charge in [-0.15, -0.1) is 11.8 Å². The smallest absolute Gasteiger partial charge is 0.0539 e. The van der Waals surface area contributed by atoms with Crippen molar-refractivity contribution < 1.29 is 0 Å². The van der Waals surface area contributed by atoms with Crippen LogP contribution in [0.25, 0.3) is 0 Å². The molecule has 2 N–H and O–H groups in total. The zero-order valence-electron chi connectivity index (χ0n) is 8.97. The average molecular weight is 230 g/mol. The van der Waals surface area contributed by atoms with Crippen molar-refractivity contribution in [3.05, 3.63) is 59.9 Å². The Bertz CT molecular complexity index is 425. The molecule has 0 aliphatic rings. The molecule has 0 aliphatic heterocycles. The number of thioether (sulfide) groups is 1. The second-order valence-corrected chi connectivity index (χ2v) is 4.51. The van der Waals surface area contributed by atoms with Crippen molar-refractivity contribution >= 4 is 11.8 Å². The lowest BCUT2D eigenvalue weighted by molar-refractivity contribution is 0.983. The monoisotopic (exact) mass is 230 g/mol. The summed E-state index contributed by atoms with van der Waals surface area (Å²) in [6, 6.07) is 14.4. The molecule has 0 amide bonds. The topological polar surface area (TPSA) is 38.9 Å². The van der Waals surface area contributed by atoms with Gasteiger partial charge in [0.15, 0.2) is 0 Å². The molecule has 2 rings (SSSR count). The molecule has 1 aromatic heterocycles. The number of hydrogen-bond acceptors (Lipinski definition) is 3. The average Bonchev–Trinajstić information content (AvgIpc) is 2.38. The molecule has 2 aromatic rings. The van der Waals surface area contributed by atoms with Gasteiger partial charge in [-0.25, -0.2) is 0 Å². The molecule has 2 nitrogen and oxygen atoms in total. The number of nitrogens with two attached hydrogens (primary N) is 1. The summed E-state index contributed by atoms with van der Waals surface area (Å²) in [6.45, 7) is 0.506. The van der Waals surface area contributed by atoms with Crippen LogP contribution in [0.1, 0.15) is 11.3 Å². The van der Waals surface area contributed by atoms with Gasteiger partial charge >= 0.3 is 0 Å². The van der Waals surface area contributed by atoms with Crippen LogP contribution >= 0.6 is 11.8 Å². The van der Waals surface area contributed by atoms with Crippen LogP contribution in [-0.4, -0.2) is 4.98 Å². The summed E-state index contributed by atoms with van der Waals surface area (Å²) in [5.41, 5.74) is 7.66. The van der Waals surface area contributed by atoms with Gasteiger partial charge in [-0.2, -0.15) is 0 Å². The van der Waals surface area contributed by atoms with Gasteiger partial charge in [-0.05, 0) is 23.8 Å². The van der Waals surface area contributed by atoms with E-state index in [0.29, 0.717) is 6.54 Å². The Morgan fingerprint density at radius 2 is 1.88 bits per heavy atom. The Morgan fingerprint density at radius 3 is 2.50 bits per heavy atom. The van der Waals surface area contributed by atoms with Crippen molar-refractivity contribution in [2.24, 2.45) is 5.73 Å². The van der Waals surface area contributed by atoms with E-state index in [1.54, 1.807) is 0 Å². The van der Waals surface area contributed by atoms with Gasteiger partial charge in [0.05, 0.1) is 5.69 Å². The van der Waals surface area contributed by atoms with Gasteiger partial charge in [-0.3, -0.25) is 4.98 Å². The molecular formula is C13H14N2S. The van der Waals surface area contributed by atoms with Crippen molar-refractivity contribution in [3.63, 3.8) is 0 Å². The first-order valence-corrected chi connectivity index (χ1v) is 6.19. The van der Waals surface area contributed by atoms with E-state index in [2.05, 4.69) is 35.3 Å². The minimum absolute atomic E-state index is 0.506. The number of nitrogens with zero attached hydrogens (tertiary/aromatic N) is 1. The Labute approximate surface area is 99.9 Å². The molecule has 3 heteroatoms. The van der Waals surface area contributed by atoms with Crippen molar-refractivity contribution in [1.82, 2.24) is 4.98 Å². The Balaban J connectivity index is 1.94. The largest absolute Gasteiger partial charge is 0.325 e. The number of aromatic nitrogens is 1. The van der Waals surface area contributed by atoms with Gasteiger partial charge in [0.2, 0.25) is 0 Å². The first-order chi connectivity index (χ1) is 7.88. The molecule has 1 heterocycles. The van der Waals surface area contributed by atoms with E-state index >= 15 is 0 Å². The van der Waals surface area contributed by atoms with E-state index in [-0.39, 0.29) is 0 Å². The zero-order valence-corrected chi connectivity index (χ0v) is 9.78. The molecule has 0 saturated heterocycles. The van der Waals surface area contributed by atoms with Crippen LogP contribution in [0.15, 0.2) is 53.6 Å². The number of pyridine rings is 1. The highest BCUT2D eigenvalue weighted by atomic mass is 32.2. The molecule has 0 radical (unpaired) electrons. The lowest BCUT2D eigenvalue weighted by atomic mass is 10.3. The molecule has 0 atom stereocenters. The summed E-state index contributed by atoms with van der Waals surface area (Å²) >= 11 is 1.82. The Morgan fingerprint density at radius 1 is 1.06 bits per heavy atom. The zero-order chi connectivity index (χ0) is 11.2. The quantitative estimate of drug-likeness (QED) is 0.821. The fraction of sp³-hybridized carbons (Fsp3) is 0.154. The lowest BCUT2D eigenvalue weighted by Crippen LogP contribution is -1.99. The molecule has 0 aliphatic carbocycles. The highest BCUT2D eigenvalue weighted by Crippen LogP contribution is 2.21. The molecule has 82 valence electrons. The predicted octanol–water partition coefficient (Wildman–Crippen LogP) is 2.83. The summed E-state index contributed by atoms with van der Waals surface area (Å²) in [4.78, 5) is 5.55. The normalized spacial score (nSPS) is 10.3. The first-order valence-electron chi connectivity index (χ1n) is 5.20. The molecule has 16 heavy (non-hydrogen) atoms. The van der Waals surface area contributed by atoms with E-state index in [4.69, 9.17) is 5.73 Å². The standard InChI is InChI=1S/C13H14N2S/c14-8-12-7-6-11(9-15-12)10-16-13-4-2-1-3-5-13/h1-7,9H,8,10,14H2. The fourth-order valence-corrected chi connectivity index (χ4v) is 2.20. The van der Waals surface area contributed by atoms with Gasteiger partial charge in [-0.1, -0.05) is 24.3 Å². The number of hydrogen-bond donors (Lipinski definition) is 1. The maximum absolute atomic E-state index is 5.50. The maximum atomic E-state index is 5.50. The van der Waals surface area contributed by atoms with Crippen molar-refractivity contribution in [3.8, 4) is 0 Å². The summed E-state index contributed by atoms with van der Waals surface area (Å²) in [5, 5.41) is 0. The van der Waals surface area contributed by atoms with Gasteiger partial charge < -0.3 is 5.73 Å². The first kappa shape index (κ1) is 11.2. The molecular weight excluding hydrogens is 216 g/mol. The second kappa shape index (κ2) is 5.68. The Hall–Kier alpha value is -1.32. The Kier molecular flexibility index (Phi) is 3.97. The van der Waals surface area contributed by atoms with E-state index in [1.165, 1.54) is 10.5 Å². The molecule has 0 spiro atoms. The van der Waals surface area contributed by atoms with Crippen molar-refractivity contribution in [2.45, 2.75) is 17.2 Å². The summed E-state index contributed by atoms with van der Waals surface area (Å²) in [6.07, 6.45) is 1.90. The van der Waals surface area contributed by atoms with E-state index < -0.39 is 0 Å². The highest BCUT2D eigenvalue weighted by Gasteiger charge is 1.96. The van der Waals surface area contributed by atoms with Crippen molar-refractivity contribution in [1.29, 1.82) is 0 Å². The highest BCUT2D eigenvalue weighted by molar-refractivity contribution is 7.98. The van der Waals surface area contributed by atoms with E-state index in [9.17, 15) is 0 Å². The van der Waals surface area contributed by atoms with Crippen LogP contribution in [0.5, 0.6) is 0 Å². The minimum Gasteiger partial charge on any atom is -0.325 e. The van der Waals surface area contributed by atoms with Crippen LogP contribution in [0.3, 0.4) is 0 Å². The SMILES string of the molecule is NCc1ccc(CSc2ccccc2)cn1. The summed E-state index contributed by atoms with van der Waals surface area (Å²) in [7, 11) is 0. The van der Waals surface area contributed by atoms with Gasteiger partial charge in [0.1, 0.15) is 0 Å². The lowest BCUT2D eigenvalue weighted by Gasteiger charge is -2.02. The third kappa shape index (κ3) is 3.08. The number of rotatable bonds is 4. The molecule has 0 saturated carbocycles. The van der Waals surface area contributed by atoms with Gasteiger partial charge in [0, 0.05) is 23.4 Å². The number of benzene rings is 1. The van der Waals surface area contributed by atoms with E-state index in [0.717, 1.165) is 11.4 Å². The molecule has 0 bridgehead atoms. The summed E-state index contributed by atoms with van der Waals surface area (Å²) < 4.78 is 0. The van der Waals surface area contributed by atoms with Crippen LogP contribution < -0.4 is 5.73 Å². The molecule has 0 unspecified atom stereocenters. The molecule has 1 aromatic carbocycles. The fourth-order valence-electron chi connectivity index (χ4n) is 1.34. The predicted molar refractivity (Wildman–Crippen MR) is 68.1 cm³/mol. The molecule has 0 fully saturated rings. The van der Waals surface area contributed by atoms with Crippen molar-refractivity contribution in [2.75, 3.05) is 0 Å². The minimum atomic E-state index is 0.506. The van der Waals surface area contributed by atoms with Crippen LogP contribution in [0.4, 0.5) is 0 Å². The second-order valence-electron chi connectivity index (χ2n) is 3.46. The van der Waals surface area contributed by atoms with Crippen LogP contribution in [0.2, 0.25) is 0 Å². The van der Waals surface area contributed by atoms with E-state index in [1.807, 2.05) is 30.1 Å². The van der Waals surface area contributed by atoms with Gasteiger partial charge in [0.25, 0.3) is 0 Å². The third-order valence-corrected chi connectivity index (χ3v) is 3.33. The van der Waals surface area contributed by atoms with Crippen LogP contribution in [0, 0.1) is 0 Å². The van der Waals surface area contributed by atoms with Crippen LogP contribution in [-0.2, 0) is 12.3 Å². The maximum Gasteiger partial charge on any atom is 0.0539 e. The third-order valence-electron chi connectivity index (χ3n) is 2.24. The summed E-state index contributed by atoms with van der Waals surface area (Å²) in [5.74, 6) is 0.946.